The SMILES string of the molecule is Cc1nn(-c2nc3ccccc3[nH]2)c2c1C(=O)C[C@@H](c1ccccc1O)C2. The lowest BCUT2D eigenvalue weighted by Crippen LogP contribution is -2.21. The van der Waals surface area contributed by atoms with Gasteiger partial charge in [-0.05, 0) is 37.1 Å². The molecular weight excluding hydrogens is 340 g/mol. The summed E-state index contributed by atoms with van der Waals surface area (Å²) < 4.78 is 1.74. The summed E-state index contributed by atoms with van der Waals surface area (Å²) >= 11 is 0. The number of carbonyl (C=O) groups excluding carboxylic acids is 1. The maximum absolute atomic E-state index is 12.9. The lowest BCUT2D eigenvalue weighted by Gasteiger charge is -2.23. The first-order valence-corrected chi connectivity index (χ1v) is 8.96. The van der Waals surface area contributed by atoms with Gasteiger partial charge in [-0.15, -0.1) is 0 Å². The Bertz CT molecular complexity index is 1160. The number of aryl methyl sites for hydroxylation is 1. The highest BCUT2D eigenvalue weighted by atomic mass is 16.3. The predicted octanol–water partition coefficient (Wildman–Crippen LogP) is 3.68. The van der Waals surface area contributed by atoms with Gasteiger partial charge < -0.3 is 10.1 Å². The van der Waals surface area contributed by atoms with E-state index in [4.69, 9.17) is 0 Å². The zero-order valence-corrected chi connectivity index (χ0v) is 14.8. The summed E-state index contributed by atoms with van der Waals surface area (Å²) in [6.07, 6.45) is 0.994. The molecule has 27 heavy (non-hydrogen) atoms. The Labute approximate surface area is 155 Å². The number of nitrogens with zero attached hydrogens (tertiary/aromatic N) is 3. The van der Waals surface area contributed by atoms with Gasteiger partial charge in [0.25, 0.3) is 0 Å². The lowest BCUT2D eigenvalue weighted by atomic mass is 9.81. The number of hydrogen-bond donors (Lipinski definition) is 2. The molecular formula is C21H18N4O2. The van der Waals surface area contributed by atoms with Gasteiger partial charge in [0.1, 0.15) is 5.75 Å². The number of Topliss-reactive ketones (excluding diaryl/α,β-unsaturated/α-hetero) is 1. The average molecular weight is 358 g/mol. The van der Waals surface area contributed by atoms with Gasteiger partial charge in [-0.3, -0.25) is 4.79 Å². The Hall–Kier alpha value is -3.41. The van der Waals surface area contributed by atoms with Gasteiger partial charge in [-0.1, -0.05) is 30.3 Å². The Kier molecular flexibility index (Phi) is 3.40. The van der Waals surface area contributed by atoms with Gasteiger partial charge in [-0.2, -0.15) is 5.10 Å². The number of rotatable bonds is 2. The summed E-state index contributed by atoms with van der Waals surface area (Å²) in [5.74, 6) is 0.811. The van der Waals surface area contributed by atoms with Crippen LogP contribution in [0.4, 0.5) is 0 Å². The number of phenols is 1. The third kappa shape index (κ3) is 2.44. The van der Waals surface area contributed by atoms with E-state index in [1.807, 2.05) is 43.3 Å². The van der Waals surface area contributed by atoms with E-state index in [9.17, 15) is 9.90 Å². The summed E-state index contributed by atoms with van der Waals surface area (Å²) in [5.41, 5.74) is 4.82. The van der Waals surface area contributed by atoms with Crippen molar-refractivity contribution in [3.8, 4) is 11.7 Å². The molecule has 5 rings (SSSR count). The molecule has 1 atom stereocenters. The first-order valence-electron chi connectivity index (χ1n) is 8.96. The van der Waals surface area contributed by atoms with Crippen molar-refractivity contribution in [3.05, 3.63) is 71.0 Å². The maximum atomic E-state index is 12.9. The molecule has 6 heteroatoms. The van der Waals surface area contributed by atoms with Gasteiger partial charge in [0.2, 0.25) is 5.95 Å². The molecule has 2 aromatic heterocycles. The van der Waals surface area contributed by atoms with Crippen LogP contribution in [0.3, 0.4) is 0 Å². The van der Waals surface area contributed by atoms with Crippen molar-refractivity contribution in [1.82, 2.24) is 19.7 Å². The van der Waals surface area contributed by atoms with Crippen molar-refractivity contribution in [2.75, 3.05) is 0 Å². The van der Waals surface area contributed by atoms with Crippen LogP contribution in [0.5, 0.6) is 5.75 Å². The number of H-pyrrole nitrogens is 1. The van der Waals surface area contributed by atoms with E-state index in [1.54, 1.807) is 16.8 Å². The second-order valence-electron chi connectivity index (χ2n) is 6.98. The smallest absolute Gasteiger partial charge is 0.229 e. The highest BCUT2D eigenvalue weighted by Crippen LogP contribution is 2.38. The molecule has 0 amide bonds. The topological polar surface area (TPSA) is 83.8 Å². The van der Waals surface area contributed by atoms with Crippen LogP contribution < -0.4 is 0 Å². The monoisotopic (exact) mass is 358 g/mol. The molecule has 0 aliphatic heterocycles. The molecule has 0 radical (unpaired) electrons. The minimum Gasteiger partial charge on any atom is -0.508 e. The average Bonchev–Trinajstić information content (AvgIpc) is 3.23. The van der Waals surface area contributed by atoms with Crippen molar-refractivity contribution in [2.45, 2.75) is 25.7 Å². The summed E-state index contributed by atoms with van der Waals surface area (Å²) in [5, 5.41) is 14.8. The highest BCUT2D eigenvalue weighted by molar-refractivity contribution is 6.00. The normalized spacial score (nSPS) is 16.6. The molecule has 0 saturated carbocycles. The first-order chi connectivity index (χ1) is 13.1. The van der Waals surface area contributed by atoms with E-state index in [0.717, 1.165) is 22.3 Å². The second-order valence-corrected chi connectivity index (χ2v) is 6.98. The zero-order valence-electron chi connectivity index (χ0n) is 14.8. The quantitative estimate of drug-likeness (QED) is 0.573. The molecule has 2 heterocycles. The van der Waals surface area contributed by atoms with E-state index >= 15 is 0 Å². The van der Waals surface area contributed by atoms with E-state index in [-0.39, 0.29) is 17.5 Å². The van der Waals surface area contributed by atoms with E-state index in [0.29, 0.717) is 30.0 Å². The van der Waals surface area contributed by atoms with Gasteiger partial charge in [-0.25, -0.2) is 9.67 Å². The van der Waals surface area contributed by atoms with Crippen LogP contribution in [-0.2, 0) is 6.42 Å². The predicted molar refractivity (Wildman–Crippen MR) is 101 cm³/mol. The number of carbonyl (C=O) groups is 1. The zero-order chi connectivity index (χ0) is 18.5. The molecule has 6 nitrogen and oxygen atoms in total. The van der Waals surface area contributed by atoms with Gasteiger partial charge in [0.05, 0.1) is 28.0 Å². The minimum atomic E-state index is -0.0783. The maximum Gasteiger partial charge on any atom is 0.229 e. The summed E-state index contributed by atoms with van der Waals surface area (Å²) in [7, 11) is 0. The fourth-order valence-electron chi connectivity index (χ4n) is 4.03. The number of ketones is 1. The van der Waals surface area contributed by atoms with Crippen LogP contribution >= 0.6 is 0 Å². The van der Waals surface area contributed by atoms with E-state index in [1.165, 1.54) is 0 Å². The fourth-order valence-corrected chi connectivity index (χ4v) is 4.03. The Morgan fingerprint density at radius 3 is 2.70 bits per heavy atom. The van der Waals surface area contributed by atoms with Crippen LogP contribution in [-0.4, -0.2) is 30.6 Å². The molecule has 1 aliphatic rings. The number of fused-ring (bicyclic) bond motifs is 2. The molecule has 134 valence electrons. The molecule has 2 aromatic carbocycles. The molecule has 0 saturated heterocycles. The largest absolute Gasteiger partial charge is 0.508 e. The standard InChI is InChI=1S/C21H18N4O2/c1-12-20-17(10-13(11-19(20)27)14-6-2-5-9-18(14)26)25(24-12)21-22-15-7-3-4-8-16(15)23-21/h2-9,13,26H,10-11H2,1H3,(H,22,23)/t13-/m0/s1. The summed E-state index contributed by atoms with van der Waals surface area (Å²) in [6, 6.07) is 15.0. The molecule has 1 aliphatic carbocycles. The first kappa shape index (κ1) is 15.8. The van der Waals surface area contributed by atoms with Gasteiger partial charge in [0, 0.05) is 12.3 Å². The van der Waals surface area contributed by atoms with Crippen molar-refractivity contribution in [1.29, 1.82) is 0 Å². The molecule has 0 spiro atoms. The van der Waals surface area contributed by atoms with Crippen molar-refractivity contribution >= 4 is 16.8 Å². The summed E-state index contributed by atoms with van der Waals surface area (Å²) in [4.78, 5) is 20.8. The Morgan fingerprint density at radius 1 is 1.11 bits per heavy atom. The Balaban J connectivity index is 1.64. The molecule has 4 aromatic rings. The third-order valence-electron chi connectivity index (χ3n) is 5.26. The van der Waals surface area contributed by atoms with Crippen LogP contribution in [0, 0.1) is 6.92 Å². The number of imidazole rings is 1. The molecule has 2 N–H and O–H groups in total. The molecule has 0 bridgehead atoms. The lowest BCUT2D eigenvalue weighted by molar-refractivity contribution is 0.0963. The fraction of sp³-hybridized carbons (Fsp3) is 0.190. The van der Waals surface area contributed by atoms with Crippen LogP contribution in [0.15, 0.2) is 48.5 Å². The number of phenolic OH excluding ortho intramolecular Hbond substituents is 1. The number of aromatic amines is 1. The van der Waals surface area contributed by atoms with Crippen molar-refractivity contribution in [3.63, 3.8) is 0 Å². The number of aromatic hydroxyl groups is 1. The van der Waals surface area contributed by atoms with Crippen LogP contribution in [0.2, 0.25) is 0 Å². The number of nitrogens with one attached hydrogen (secondary N) is 1. The number of para-hydroxylation sites is 3. The minimum absolute atomic E-state index is 0.0596. The van der Waals surface area contributed by atoms with Crippen molar-refractivity contribution < 1.29 is 9.90 Å². The van der Waals surface area contributed by atoms with Crippen molar-refractivity contribution in [2.24, 2.45) is 0 Å². The number of benzene rings is 2. The van der Waals surface area contributed by atoms with E-state index < -0.39 is 0 Å². The number of hydrogen-bond acceptors (Lipinski definition) is 4. The second kappa shape index (κ2) is 5.81. The molecule has 0 unspecified atom stereocenters. The van der Waals surface area contributed by atoms with Crippen LogP contribution in [0.1, 0.15) is 39.6 Å². The summed E-state index contributed by atoms with van der Waals surface area (Å²) in [6.45, 7) is 1.86. The van der Waals surface area contributed by atoms with Crippen LogP contribution in [0.25, 0.3) is 17.0 Å². The van der Waals surface area contributed by atoms with Gasteiger partial charge >= 0.3 is 0 Å². The molecule has 0 fully saturated rings. The third-order valence-corrected chi connectivity index (χ3v) is 5.26. The number of aromatic nitrogens is 4. The van der Waals surface area contributed by atoms with E-state index in [2.05, 4.69) is 15.1 Å². The Morgan fingerprint density at radius 2 is 1.89 bits per heavy atom. The highest BCUT2D eigenvalue weighted by Gasteiger charge is 2.33. The van der Waals surface area contributed by atoms with Gasteiger partial charge in [0.15, 0.2) is 5.78 Å².